The highest BCUT2D eigenvalue weighted by Crippen LogP contribution is 2.22. The second kappa shape index (κ2) is 7.42. The fraction of sp³-hybridized carbons (Fsp3) is 0.250. The summed E-state index contributed by atoms with van der Waals surface area (Å²) in [5.74, 6) is 0.0402. The largest absolute Gasteiger partial charge is 0.340 e. The molecule has 0 radical (unpaired) electrons. The summed E-state index contributed by atoms with van der Waals surface area (Å²) in [6.45, 7) is 1.53. The van der Waals surface area contributed by atoms with Gasteiger partial charge in [0.25, 0.3) is 10.0 Å². The van der Waals surface area contributed by atoms with E-state index < -0.39 is 10.0 Å². The summed E-state index contributed by atoms with van der Waals surface area (Å²) in [6.07, 6.45) is 0.336. The van der Waals surface area contributed by atoms with Crippen LogP contribution in [0.4, 0.5) is 0 Å². The van der Waals surface area contributed by atoms with Gasteiger partial charge in [-0.25, -0.2) is 8.42 Å². The first kappa shape index (κ1) is 18.2. The molecule has 0 bridgehead atoms. The van der Waals surface area contributed by atoms with Crippen molar-refractivity contribution in [2.45, 2.75) is 10.6 Å². The number of benzene rings is 2. The fourth-order valence-corrected chi connectivity index (χ4v) is 5.92. The van der Waals surface area contributed by atoms with Crippen LogP contribution in [0.5, 0.6) is 0 Å². The molecule has 1 aromatic heterocycles. The molecule has 1 aliphatic heterocycles. The molecule has 0 saturated carbocycles. The summed E-state index contributed by atoms with van der Waals surface area (Å²) in [7, 11) is -3.44. The Morgan fingerprint density at radius 3 is 2.37 bits per heavy atom. The Hall–Kier alpha value is -2.22. The number of carbonyl (C=O) groups excluding carboxylic acids is 1. The van der Waals surface area contributed by atoms with Crippen LogP contribution in [0.25, 0.3) is 10.8 Å². The number of hydrogen-bond acceptors (Lipinski definition) is 4. The number of rotatable bonds is 4. The maximum Gasteiger partial charge on any atom is 0.252 e. The lowest BCUT2D eigenvalue weighted by Gasteiger charge is -2.33. The standard InChI is InChI=1S/C20H20N2O3S2/c23-19(15-16-7-8-17-4-1-2-5-18(17)14-16)21-9-11-22(12-10-21)27(24,25)20-6-3-13-26-20/h1-8,13-14H,9-12,15H2. The molecule has 140 valence electrons. The van der Waals surface area contributed by atoms with Crippen LogP contribution in [-0.4, -0.2) is 49.7 Å². The van der Waals surface area contributed by atoms with Crippen molar-refractivity contribution in [3.8, 4) is 0 Å². The number of amides is 1. The summed E-state index contributed by atoms with van der Waals surface area (Å²) in [6, 6.07) is 17.5. The van der Waals surface area contributed by atoms with Gasteiger partial charge in [0.1, 0.15) is 4.21 Å². The van der Waals surface area contributed by atoms with E-state index in [1.807, 2.05) is 42.5 Å². The lowest BCUT2D eigenvalue weighted by Crippen LogP contribution is -2.50. The van der Waals surface area contributed by atoms with Gasteiger partial charge in [0.15, 0.2) is 0 Å². The summed E-state index contributed by atoms with van der Waals surface area (Å²) in [5.41, 5.74) is 0.979. The van der Waals surface area contributed by atoms with Gasteiger partial charge in [0.2, 0.25) is 5.91 Å². The Kier molecular flexibility index (Phi) is 4.99. The number of sulfonamides is 1. The summed E-state index contributed by atoms with van der Waals surface area (Å²) >= 11 is 1.22. The Bertz CT molecular complexity index is 1050. The lowest BCUT2D eigenvalue weighted by atomic mass is 10.0. The Balaban J connectivity index is 1.39. The van der Waals surface area contributed by atoms with Crippen molar-refractivity contribution in [1.29, 1.82) is 0 Å². The predicted molar refractivity (Wildman–Crippen MR) is 107 cm³/mol. The van der Waals surface area contributed by atoms with Crippen LogP contribution in [0.3, 0.4) is 0 Å². The van der Waals surface area contributed by atoms with Crippen LogP contribution in [0, 0.1) is 0 Å². The topological polar surface area (TPSA) is 57.7 Å². The van der Waals surface area contributed by atoms with Gasteiger partial charge < -0.3 is 4.90 Å². The molecule has 7 heteroatoms. The van der Waals surface area contributed by atoms with Crippen LogP contribution in [0.1, 0.15) is 5.56 Å². The van der Waals surface area contributed by atoms with Gasteiger partial charge in [-0.3, -0.25) is 4.79 Å². The molecule has 1 fully saturated rings. The van der Waals surface area contributed by atoms with Gasteiger partial charge in [-0.1, -0.05) is 48.5 Å². The lowest BCUT2D eigenvalue weighted by molar-refractivity contribution is -0.131. The minimum atomic E-state index is -3.44. The molecule has 27 heavy (non-hydrogen) atoms. The van der Waals surface area contributed by atoms with Crippen molar-refractivity contribution in [2.75, 3.05) is 26.2 Å². The van der Waals surface area contributed by atoms with Crippen LogP contribution >= 0.6 is 11.3 Å². The first-order valence-electron chi connectivity index (χ1n) is 8.83. The highest BCUT2D eigenvalue weighted by atomic mass is 32.2. The van der Waals surface area contributed by atoms with E-state index in [2.05, 4.69) is 0 Å². The molecule has 0 unspecified atom stereocenters. The quantitative estimate of drug-likeness (QED) is 0.677. The van der Waals surface area contributed by atoms with Crippen LogP contribution in [0.15, 0.2) is 64.2 Å². The SMILES string of the molecule is O=C(Cc1ccc2ccccc2c1)N1CCN(S(=O)(=O)c2cccs2)CC1. The van der Waals surface area contributed by atoms with Crippen molar-refractivity contribution in [3.63, 3.8) is 0 Å². The summed E-state index contributed by atoms with van der Waals surface area (Å²) in [5, 5.41) is 4.03. The van der Waals surface area contributed by atoms with Gasteiger partial charge in [-0.2, -0.15) is 4.31 Å². The van der Waals surface area contributed by atoms with Crippen LogP contribution < -0.4 is 0 Å². The molecule has 5 nitrogen and oxygen atoms in total. The molecular formula is C20H20N2O3S2. The molecule has 3 aromatic rings. The fourth-order valence-electron chi connectivity index (χ4n) is 3.35. The number of nitrogens with zero attached hydrogens (tertiary/aromatic N) is 2. The second-order valence-electron chi connectivity index (χ2n) is 6.58. The van der Waals surface area contributed by atoms with Crippen molar-refractivity contribution in [3.05, 3.63) is 65.5 Å². The van der Waals surface area contributed by atoms with Gasteiger partial charge in [-0.15, -0.1) is 11.3 Å². The minimum absolute atomic E-state index is 0.0402. The van der Waals surface area contributed by atoms with E-state index in [0.717, 1.165) is 16.3 Å². The average Bonchev–Trinajstić information content (AvgIpc) is 3.24. The third kappa shape index (κ3) is 3.76. The normalized spacial score (nSPS) is 15.9. The maximum atomic E-state index is 12.6. The van der Waals surface area contributed by atoms with Crippen molar-refractivity contribution in [1.82, 2.24) is 9.21 Å². The third-order valence-electron chi connectivity index (χ3n) is 4.85. The van der Waals surface area contributed by atoms with Gasteiger partial charge in [0.05, 0.1) is 6.42 Å². The molecule has 0 N–H and O–H groups in total. The summed E-state index contributed by atoms with van der Waals surface area (Å²) in [4.78, 5) is 14.4. The average molecular weight is 401 g/mol. The van der Waals surface area contributed by atoms with E-state index in [-0.39, 0.29) is 5.91 Å². The second-order valence-corrected chi connectivity index (χ2v) is 9.69. The van der Waals surface area contributed by atoms with Gasteiger partial charge >= 0.3 is 0 Å². The molecule has 0 spiro atoms. The van der Waals surface area contributed by atoms with E-state index in [1.54, 1.807) is 22.4 Å². The molecule has 1 aliphatic rings. The van der Waals surface area contributed by atoms with E-state index >= 15 is 0 Å². The first-order valence-corrected chi connectivity index (χ1v) is 11.2. The van der Waals surface area contributed by atoms with E-state index in [9.17, 15) is 13.2 Å². The first-order chi connectivity index (χ1) is 13.0. The zero-order valence-corrected chi connectivity index (χ0v) is 16.4. The third-order valence-corrected chi connectivity index (χ3v) is 8.12. The molecule has 0 atom stereocenters. The monoisotopic (exact) mass is 400 g/mol. The van der Waals surface area contributed by atoms with Crippen LogP contribution in [0.2, 0.25) is 0 Å². The zero-order chi connectivity index (χ0) is 18.9. The highest BCUT2D eigenvalue weighted by Gasteiger charge is 2.30. The van der Waals surface area contributed by atoms with Crippen molar-refractivity contribution < 1.29 is 13.2 Å². The van der Waals surface area contributed by atoms with Crippen molar-refractivity contribution >= 4 is 38.0 Å². The van der Waals surface area contributed by atoms with Crippen LogP contribution in [-0.2, 0) is 21.2 Å². The molecule has 1 saturated heterocycles. The van der Waals surface area contributed by atoms with Gasteiger partial charge in [0, 0.05) is 26.2 Å². The van der Waals surface area contributed by atoms with Crippen molar-refractivity contribution in [2.24, 2.45) is 0 Å². The Labute approximate surface area is 162 Å². The molecule has 2 aromatic carbocycles. The molecule has 0 aliphatic carbocycles. The van der Waals surface area contributed by atoms with Gasteiger partial charge in [-0.05, 0) is 27.8 Å². The number of thiophene rings is 1. The number of fused-ring (bicyclic) bond motifs is 1. The zero-order valence-electron chi connectivity index (χ0n) is 14.7. The smallest absolute Gasteiger partial charge is 0.252 e. The predicted octanol–water partition coefficient (Wildman–Crippen LogP) is 2.98. The molecular weight excluding hydrogens is 380 g/mol. The highest BCUT2D eigenvalue weighted by molar-refractivity contribution is 7.91. The number of hydrogen-bond donors (Lipinski definition) is 0. The van der Waals surface area contributed by atoms with E-state index in [4.69, 9.17) is 0 Å². The minimum Gasteiger partial charge on any atom is -0.340 e. The Morgan fingerprint density at radius 2 is 1.67 bits per heavy atom. The molecule has 1 amide bonds. The number of carbonyl (C=O) groups is 1. The number of piperazine rings is 1. The van der Waals surface area contributed by atoms with E-state index in [1.165, 1.54) is 15.6 Å². The Morgan fingerprint density at radius 1 is 0.926 bits per heavy atom. The maximum absolute atomic E-state index is 12.6. The molecule has 2 heterocycles. The summed E-state index contributed by atoms with van der Waals surface area (Å²) < 4.78 is 27.0. The van der Waals surface area contributed by atoms with E-state index in [0.29, 0.717) is 36.8 Å². The molecule has 4 rings (SSSR count).